The summed E-state index contributed by atoms with van der Waals surface area (Å²) in [5, 5.41) is 24.5. The van der Waals surface area contributed by atoms with Gasteiger partial charge in [-0.05, 0) is 31.4 Å². The van der Waals surface area contributed by atoms with Gasteiger partial charge in [-0.2, -0.15) is 5.26 Å². The molecule has 0 atom stereocenters. The molecule has 0 amide bonds. The Morgan fingerprint density at radius 3 is 2.76 bits per heavy atom. The van der Waals surface area contributed by atoms with Crippen molar-refractivity contribution in [3.63, 3.8) is 0 Å². The summed E-state index contributed by atoms with van der Waals surface area (Å²) >= 11 is 0. The molecule has 0 saturated carbocycles. The highest BCUT2D eigenvalue weighted by atomic mass is 15.2. The van der Waals surface area contributed by atoms with Gasteiger partial charge in [0.05, 0.1) is 12.0 Å². The lowest BCUT2D eigenvalue weighted by Crippen LogP contribution is -2.41. The second-order valence-electron chi connectivity index (χ2n) is 5.32. The average Bonchev–Trinajstić information content (AvgIpc) is 2.53. The van der Waals surface area contributed by atoms with Gasteiger partial charge in [0.2, 0.25) is 0 Å². The maximum absolute atomic E-state index is 9.21. The van der Waals surface area contributed by atoms with Crippen LogP contribution in [0.25, 0.3) is 0 Å². The number of hydrogen-bond acceptors (Lipinski definition) is 5. The van der Waals surface area contributed by atoms with Crippen molar-refractivity contribution in [2.24, 2.45) is 5.92 Å². The van der Waals surface area contributed by atoms with Crippen LogP contribution in [-0.2, 0) is 0 Å². The van der Waals surface area contributed by atoms with E-state index in [0.29, 0.717) is 11.5 Å². The highest BCUT2D eigenvalue weighted by Crippen LogP contribution is 2.28. The largest absolute Gasteiger partial charge is 0.369 e. The molecule has 1 aromatic rings. The van der Waals surface area contributed by atoms with Crippen LogP contribution in [-0.4, -0.2) is 42.2 Å². The van der Waals surface area contributed by atoms with E-state index in [1.165, 1.54) is 6.34 Å². The summed E-state index contributed by atoms with van der Waals surface area (Å²) in [5.41, 5.74) is 2.46. The average molecular weight is 284 g/mol. The normalized spacial score (nSPS) is 15.4. The van der Waals surface area contributed by atoms with Crippen molar-refractivity contribution in [1.29, 1.82) is 16.1 Å². The number of pyridine rings is 1. The summed E-state index contributed by atoms with van der Waals surface area (Å²) in [4.78, 5) is 7.89. The number of anilines is 1. The summed E-state index contributed by atoms with van der Waals surface area (Å²) in [6.45, 7) is 3.61. The first-order valence-corrected chi connectivity index (χ1v) is 7.01. The third-order valence-corrected chi connectivity index (χ3v) is 4.00. The number of aryl methyl sites for hydroxylation is 1. The molecule has 2 rings (SSSR count). The van der Waals surface area contributed by atoms with E-state index in [9.17, 15) is 5.26 Å². The smallest absolute Gasteiger partial charge is 0.164 e. The molecule has 6 nitrogen and oxygen atoms in total. The number of hydrogen-bond donors (Lipinski definition) is 2. The molecule has 1 fully saturated rings. The number of aromatic nitrogens is 1. The summed E-state index contributed by atoms with van der Waals surface area (Å²) in [6, 6.07) is 4.09. The van der Waals surface area contributed by atoms with Gasteiger partial charge in [-0.1, -0.05) is 0 Å². The Hall–Kier alpha value is -2.42. The number of nitrogens with one attached hydrogen (secondary N) is 2. The molecule has 2 heterocycles. The van der Waals surface area contributed by atoms with E-state index in [2.05, 4.69) is 16.0 Å². The zero-order chi connectivity index (χ0) is 15.4. The van der Waals surface area contributed by atoms with Crippen molar-refractivity contribution in [1.82, 2.24) is 9.88 Å². The first kappa shape index (κ1) is 15.0. The second kappa shape index (κ2) is 6.35. The Morgan fingerprint density at radius 2 is 2.19 bits per heavy atom. The highest BCUT2D eigenvalue weighted by Gasteiger charge is 2.26. The van der Waals surface area contributed by atoms with Crippen LogP contribution >= 0.6 is 0 Å². The quantitative estimate of drug-likeness (QED) is 0.656. The van der Waals surface area contributed by atoms with Crippen LogP contribution in [0.1, 0.15) is 24.1 Å². The number of amidine groups is 1. The molecule has 21 heavy (non-hydrogen) atoms. The summed E-state index contributed by atoms with van der Waals surface area (Å²) in [6.07, 6.45) is 4.55. The van der Waals surface area contributed by atoms with Gasteiger partial charge in [-0.15, -0.1) is 0 Å². The fourth-order valence-electron chi connectivity index (χ4n) is 2.77. The summed E-state index contributed by atoms with van der Waals surface area (Å²) in [7, 11) is 1.74. The number of nitriles is 1. The summed E-state index contributed by atoms with van der Waals surface area (Å²) in [5.74, 6) is 0.670. The number of nitrogens with zero attached hydrogens (tertiary/aromatic N) is 4. The standard InChI is InChI=1S/C15H20N6/c1-11-3-6-19-13(9-16)14(11)21-7-4-12(5-8-21)15(18)20(2)10-17/h3,6,10,12,17-18H,4-5,7-8H2,1-2H3. The molecule has 0 radical (unpaired) electrons. The number of piperidine rings is 1. The highest BCUT2D eigenvalue weighted by molar-refractivity contribution is 5.90. The molecule has 1 aromatic heterocycles. The van der Waals surface area contributed by atoms with Crippen LogP contribution in [0.15, 0.2) is 12.3 Å². The fourth-order valence-corrected chi connectivity index (χ4v) is 2.77. The Bertz CT molecular complexity index is 580. The molecule has 0 bridgehead atoms. The Morgan fingerprint density at radius 1 is 1.52 bits per heavy atom. The second-order valence-corrected chi connectivity index (χ2v) is 5.32. The van der Waals surface area contributed by atoms with E-state index >= 15 is 0 Å². The van der Waals surface area contributed by atoms with E-state index in [4.69, 9.17) is 10.8 Å². The minimum absolute atomic E-state index is 0.176. The molecule has 2 N–H and O–H groups in total. The molecule has 6 heteroatoms. The molecule has 0 unspecified atom stereocenters. The van der Waals surface area contributed by atoms with E-state index in [0.717, 1.165) is 37.2 Å². The molecule has 0 aliphatic carbocycles. The molecular formula is C15H20N6. The van der Waals surface area contributed by atoms with E-state index in [-0.39, 0.29) is 5.92 Å². The van der Waals surface area contributed by atoms with Crippen molar-refractivity contribution in [2.45, 2.75) is 19.8 Å². The van der Waals surface area contributed by atoms with Gasteiger partial charge in [0.15, 0.2) is 5.69 Å². The first-order valence-electron chi connectivity index (χ1n) is 7.01. The zero-order valence-electron chi connectivity index (χ0n) is 12.4. The molecular weight excluding hydrogens is 264 g/mol. The van der Waals surface area contributed by atoms with Crippen LogP contribution in [0.2, 0.25) is 0 Å². The van der Waals surface area contributed by atoms with Crippen LogP contribution in [0.3, 0.4) is 0 Å². The van der Waals surface area contributed by atoms with Crippen molar-refractivity contribution in [2.75, 3.05) is 25.0 Å². The Labute approximate surface area is 125 Å². The predicted octanol–water partition coefficient (Wildman–Crippen LogP) is 1.99. The van der Waals surface area contributed by atoms with Crippen molar-refractivity contribution < 1.29 is 0 Å². The Kier molecular flexibility index (Phi) is 4.53. The van der Waals surface area contributed by atoms with Crippen LogP contribution in [0, 0.1) is 35.0 Å². The molecule has 110 valence electrons. The topological polar surface area (TPSA) is 90.9 Å². The van der Waals surface area contributed by atoms with E-state index < -0.39 is 0 Å². The minimum atomic E-state index is 0.176. The molecule has 1 saturated heterocycles. The van der Waals surface area contributed by atoms with Gasteiger partial charge in [-0.25, -0.2) is 4.98 Å². The zero-order valence-corrected chi connectivity index (χ0v) is 12.4. The van der Waals surface area contributed by atoms with Crippen LogP contribution < -0.4 is 4.90 Å². The van der Waals surface area contributed by atoms with E-state index in [1.54, 1.807) is 18.1 Å². The molecule has 0 spiro atoms. The van der Waals surface area contributed by atoms with Gasteiger partial charge < -0.3 is 9.80 Å². The monoisotopic (exact) mass is 284 g/mol. The van der Waals surface area contributed by atoms with Crippen molar-refractivity contribution in [3.8, 4) is 6.07 Å². The maximum Gasteiger partial charge on any atom is 0.164 e. The molecule has 1 aliphatic rings. The minimum Gasteiger partial charge on any atom is -0.369 e. The van der Waals surface area contributed by atoms with Crippen molar-refractivity contribution >= 4 is 17.9 Å². The lowest BCUT2D eigenvalue weighted by Gasteiger charge is -2.35. The van der Waals surface area contributed by atoms with Gasteiger partial charge >= 0.3 is 0 Å². The molecule has 1 aliphatic heterocycles. The SMILES string of the molecule is Cc1ccnc(C#N)c1N1CCC(C(=N)N(C)C=N)CC1. The lowest BCUT2D eigenvalue weighted by molar-refractivity contribution is 0.472. The van der Waals surface area contributed by atoms with Crippen LogP contribution in [0.4, 0.5) is 5.69 Å². The lowest BCUT2D eigenvalue weighted by atomic mass is 9.94. The fraction of sp³-hybridized carbons (Fsp3) is 0.467. The van der Waals surface area contributed by atoms with E-state index in [1.807, 2.05) is 13.0 Å². The molecule has 0 aromatic carbocycles. The van der Waals surface area contributed by atoms with Gasteiger partial charge in [-0.3, -0.25) is 10.8 Å². The summed E-state index contributed by atoms with van der Waals surface area (Å²) < 4.78 is 0. The van der Waals surface area contributed by atoms with Gasteiger partial charge in [0.25, 0.3) is 0 Å². The third-order valence-electron chi connectivity index (χ3n) is 4.00. The Balaban J connectivity index is 2.10. The third kappa shape index (κ3) is 3.02. The first-order chi connectivity index (χ1) is 10.1. The van der Waals surface area contributed by atoms with Gasteiger partial charge in [0.1, 0.15) is 11.9 Å². The predicted molar refractivity (Wildman–Crippen MR) is 82.9 cm³/mol. The van der Waals surface area contributed by atoms with Crippen LogP contribution in [0.5, 0.6) is 0 Å². The number of rotatable bonds is 3. The van der Waals surface area contributed by atoms with Crippen molar-refractivity contribution in [3.05, 3.63) is 23.5 Å². The van der Waals surface area contributed by atoms with Gasteiger partial charge in [0, 0.05) is 32.3 Å². The maximum atomic E-state index is 9.21.